The second-order valence-corrected chi connectivity index (χ2v) is 3.93. The molecule has 1 aliphatic heterocycles. The van der Waals surface area contributed by atoms with Crippen molar-refractivity contribution in [2.24, 2.45) is 0 Å². The van der Waals surface area contributed by atoms with Gasteiger partial charge in [0.2, 0.25) is 5.82 Å². The number of halogens is 1. The van der Waals surface area contributed by atoms with E-state index in [1.807, 2.05) is 0 Å². The molecule has 0 amide bonds. The van der Waals surface area contributed by atoms with Gasteiger partial charge in [-0.25, -0.2) is 4.98 Å². The number of hydrogen-bond acceptors (Lipinski definition) is 7. The molecule has 1 saturated heterocycles. The summed E-state index contributed by atoms with van der Waals surface area (Å²) in [5, 5.41) is 10.6. The summed E-state index contributed by atoms with van der Waals surface area (Å²) >= 11 is 0. The maximum atomic E-state index is 14.1. The summed E-state index contributed by atoms with van der Waals surface area (Å²) in [5.74, 6) is -2.31. The van der Waals surface area contributed by atoms with Crippen LogP contribution in [0.3, 0.4) is 0 Å². The summed E-state index contributed by atoms with van der Waals surface area (Å²) in [6.07, 6.45) is -0.492. The summed E-state index contributed by atoms with van der Waals surface area (Å²) in [4.78, 5) is 19.9. The molecule has 0 saturated carbocycles. The minimum Gasteiger partial charge on any atom is -0.550 e. The molecule has 0 atom stereocenters. The molecule has 104 valence electrons. The van der Waals surface area contributed by atoms with Crippen LogP contribution in [0.5, 0.6) is 5.88 Å². The molecule has 1 aromatic rings. The number of ether oxygens (including phenoxy) is 2. The van der Waals surface area contributed by atoms with Gasteiger partial charge in [0.25, 0.3) is 5.88 Å². The molecule has 0 radical (unpaired) electrons. The number of rotatable bonds is 4. The minimum atomic E-state index is -1.33. The summed E-state index contributed by atoms with van der Waals surface area (Å²) in [6.45, 7) is 1.87. The number of morpholine rings is 1. The van der Waals surface area contributed by atoms with E-state index in [2.05, 4.69) is 9.97 Å². The Morgan fingerprint density at radius 3 is 2.65 bits per heavy atom. The molecule has 0 aliphatic carbocycles. The first-order chi connectivity index (χ1) is 9.11. The average molecular weight is 293 g/mol. The van der Waals surface area contributed by atoms with E-state index in [-0.39, 0.29) is 47.1 Å². The Balaban J connectivity index is 0.00000200. The van der Waals surface area contributed by atoms with Crippen LogP contribution in [0.2, 0.25) is 0 Å². The van der Waals surface area contributed by atoms with E-state index in [0.717, 1.165) is 0 Å². The molecule has 0 spiro atoms. The Hall–Kier alpha value is -0.960. The number of methoxy groups -OCH3 is 1. The molecule has 0 aromatic carbocycles. The average Bonchev–Trinajstić information content (AvgIpc) is 2.41. The minimum absolute atomic E-state index is 0. The molecular weight excluding hydrogens is 280 g/mol. The Labute approximate surface area is 137 Å². The Kier molecular flexibility index (Phi) is 6.60. The molecule has 0 N–H and O–H groups in total. The van der Waals surface area contributed by atoms with E-state index < -0.39 is 18.2 Å². The quantitative estimate of drug-likeness (QED) is 0.520. The van der Waals surface area contributed by atoms with E-state index in [9.17, 15) is 14.3 Å². The standard InChI is InChI=1S/C11H14FN3O4.Na/c1-18-11-9(12)10(15-2-4-19-5-3-15)13-7(14-11)6-8(16)17;/h2-6H2,1H3,(H,16,17);/q;+1/p-1. The fourth-order valence-electron chi connectivity index (χ4n) is 1.79. The number of anilines is 1. The van der Waals surface area contributed by atoms with Crippen molar-refractivity contribution >= 4 is 11.8 Å². The van der Waals surface area contributed by atoms with Gasteiger partial charge in [0.05, 0.1) is 20.3 Å². The number of carboxylic acid groups (broad SMARTS) is 1. The van der Waals surface area contributed by atoms with E-state index >= 15 is 0 Å². The number of aromatic nitrogens is 2. The zero-order valence-corrected chi connectivity index (χ0v) is 13.4. The van der Waals surface area contributed by atoms with E-state index in [4.69, 9.17) is 9.47 Å². The SMILES string of the molecule is COc1nc(CC(=O)[O-])nc(N2CCOCC2)c1F.[Na+]. The maximum absolute atomic E-state index is 14.1. The third-order valence-corrected chi connectivity index (χ3v) is 2.66. The van der Waals surface area contributed by atoms with Gasteiger partial charge < -0.3 is 24.3 Å². The molecule has 2 rings (SSSR count). The number of nitrogens with zero attached hydrogens (tertiary/aromatic N) is 3. The molecule has 0 unspecified atom stereocenters. The van der Waals surface area contributed by atoms with Crippen LogP contribution in [0.15, 0.2) is 0 Å². The van der Waals surface area contributed by atoms with Crippen LogP contribution in [0.25, 0.3) is 0 Å². The van der Waals surface area contributed by atoms with Crippen molar-refractivity contribution in [3.63, 3.8) is 0 Å². The van der Waals surface area contributed by atoms with Crippen LogP contribution in [-0.2, 0) is 16.0 Å². The third kappa shape index (κ3) is 4.02. The van der Waals surface area contributed by atoms with E-state index in [0.29, 0.717) is 26.3 Å². The summed E-state index contributed by atoms with van der Waals surface area (Å²) in [5.41, 5.74) is 0. The molecule has 0 bridgehead atoms. The van der Waals surface area contributed by atoms with Gasteiger partial charge in [0, 0.05) is 25.5 Å². The largest absolute Gasteiger partial charge is 1.00 e. The van der Waals surface area contributed by atoms with Crippen molar-refractivity contribution in [1.82, 2.24) is 9.97 Å². The van der Waals surface area contributed by atoms with E-state index in [1.54, 1.807) is 4.90 Å². The first kappa shape index (κ1) is 17.1. The zero-order chi connectivity index (χ0) is 13.8. The second kappa shape index (κ2) is 7.72. The zero-order valence-electron chi connectivity index (χ0n) is 11.4. The van der Waals surface area contributed by atoms with Crippen molar-refractivity contribution in [2.75, 3.05) is 38.3 Å². The Morgan fingerprint density at radius 2 is 2.10 bits per heavy atom. The molecular formula is C11H13FN3NaO4. The van der Waals surface area contributed by atoms with Gasteiger partial charge in [0.15, 0.2) is 5.82 Å². The van der Waals surface area contributed by atoms with Crippen LogP contribution in [0.4, 0.5) is 10.2 Å². The van der Waals surface area contributed by atoms with Crippen LogP contribution >= 0.6 is 0 Å². The monoisotopic (exact) mass is 293 g/mol. The molecule has 7 nitrogen and oxygen atoms in total. The normalized spacial score (nSPS) is 14.6. The number of carbonyl (C=O) groups is 1. The van der Waals surface area contributed by atoms with Crippen molar-refractivity contribution in [1.29, 1.82) is 0 Å². The smallest absolute Gasteiger partial charge is 0.550 e. The fourth-order valence-corrected chi connectivity index (χ4v) is 1.79. The van der Waals surface area contributed by atoms with Crippen LogP contribution in [0, 0.1) is 5.82 Å². The van der Waals surface area contributed by atoms with Crippen molar-refractivity contribution in [2.45, 2.75) is 6.42 Å². The van der Waals surface area contributed by atoms with Gasteiger partial charge in [-0.15, -0.1) is 0 Å². The van der Waals surface area contributed by atoms with Gasteiger partial charge in [-0.05, 0) is 0 Å². The van der Waals surface area contributed by atoms with Crippen LogP contribution < -0.4 is 44.3 Å². The Morgan fingerprint density at radius 1 is 1.45 bits per heavy atom. The van der Waals surface area contributed by atoms with Gasteiger partial charge >= 0.3 is 29.6 Å². The Bertz CT molecular complexity index is 483. The first-order valence-corrected chi connectivity index (χ1v) is 5.74. The maximum Gasteiger partial charge on any atom is 1.00 e. The molecule has 1 aliphatic rings. The number of hydrogen-bond donors (Lipinski definition) is 0. The van der Waals surface area contributed by atoms with Crippen molar-refractivity contribution < 1.29 is 53.3 Å². The van der Waals surface area contributed by atoms with Crippen molar-refractivity contribution in [3.05, 3.63) is 11.6 Å². The third-order valence-electron chi connectivity index (χ3n) is 2.66. The summed E-state index contributed by atoms with van der Waals surface area (Å²) in [6, 6.07) is 0. The molecule has 9 heteroatoms. The summed E-state index contributed by atoms with van der Waals surface area (Å²) < 4.78 is 24.1. The molecule has 1 aromatic heterocycles. The van der Waals surface area contributed by atoms with E-state index in [1.165, 1.54) is 7.11 Å². The predicted molar refractivity (Wildman–Crippen MR) is 60.3 cm³/mol. The molecule has 20 heavy (non-hydrogen) atoms. The number of carbonyl (C=O) groups excluding carboxylic acids is 1. The molecule has 2 heterocycles. The van der Waals surface area contributed by atoms with Crippen LogP contribution in [0.1, 0.15) is 5.82 Å². The second-order valence-electron chi connectivity index (χ2n) is 3.93. The fraction of sp³-hybridized carbons (Fsp3) is 0.545. The van der Waals surface area contributed by atoms with Crippen LogP contribution in [-0.4, -0.2) is 49.4 Å². The van der Waals surface area contributed by atoms with Gasteiger partial charge in [0.1, 0.15) is 5.82 Å². The van der Waals surface area contributed by atoms with Crippen molar-refractivity contribution in [3.8, 4) is 5.88 Å². The first-order valence-electron chi connectivity index (χ1n) is 5.74. The number of aliphatic carboxylic acids is 1. The van der Waals surface area contributed by atoms with Gasteiger partial charge in [-0.1, -0.05) is 0 Å². The predicted octanol–water partition coefficient (Wildman–Crippen LogP) is -4.24. The number of carboxylic acids is 1. The topological polar surface area (TPSA) is 87.6 Å². The van der Waals surface area contributed by atoms with Gasteiger partial charge in [-0.3, -0.25) is 0 Å². The summed E-state index contributed by atoms with van der Waals surface area (Å²) in [7, 11) is 1.26. The van der Waals surface area contributed by atoms with Gasteiger partial charge in [-0.2, -0.15) is 9.37 Å². The molecule has 1 fully saturated rings.